The highest BCUT2D eigenvalue weighted by atomic mass is 32.2. The number of hydrogen-bond acceptors (Lipinski definition) is 4. The zero-order chi connectivity index (χ0) is 12.0. The summed E-state index contributed by atoms with van der Waals surface area (Å²) >= 11 is 0. The van der Waals surface area contributed by atoms with Crippen molar-refractivity contribution in [3.8, 4) is 0 Å². The first-order valence-electron chi connectivity index (χ1n) is 4.87. The maximum atomic E-state index is 11.6. The molecular weight excluding hydrogens is 247 g/mol. The molecular formula is C10H15O4PS. The molecule has 1 atom stereocenters. The smallest absolute Gasteiger partial charge is 0.297 e. The minimum atomic E-state index is -3.63. The largest absolute Gasteiger partial charge is 0.360 e. The van der Waals surface area contributed by atoms with E-state index in [1.54, 1.807) is 12.1 Å². The summed E-state index contributed by atoms with van der Waals surface area (Å²) in [6.45, 7) is 4.31. The molecule has 0 aromatic heterocycles. The van der Waals surface area contributed by atoms with Gasteiger partial charge in [-0.1, -0.05) is 17.7 Å². The number of rotatable bonds is 6. The van der Waals surface area contributed by atoms with E-state index < -0.39 is 10.1 Å². The van der Waals surface area contributed by atoms with E-state index in [1.807, 2.05) is 13.8 Å². The Bertz CT molecular complexity index is 413. The van der Waals surface area contributed by atoms with Gasteiger partial charge in [0.2, 0.25) is 0 Å². The van der Waals surface area contributed by atoms with Crippen LogP contribution in [0.4, 0.5) is 0 Å². The van der Waals surface area contributed by atoms with Gasteiger partial charge in [-0.3, -0.25) is 4.18 Å². The number of benzene rings is 1. The predicted molar refractivity (Wildman–Crippen MR) is 64.3 cm³/mol. The van der Waals surface area contributed by atoms with Crippen molar-refractivity contribution in [3.05, 3.63) is 29.8 Å². The Labute approximate surface area is 98.0 Å². The molecule has 0 fully saturated rings. The first-order chi connectivity index (χ1) is 7.56. The zero-order valence-electron chi connectivity index (χ0n) is 9.26. The first kappa shape index (κ1) is 13.6. The molecule has 0 N–H and O–H groups in total. The third-order valence-corrected chi connectivity index (χ3v) is 4.07. The summed E-state index contributed by atoms with van der Waals surface area (Å²) in [5.41, 5.74) is 1.01. The summed E-state index contributed by atoms with van der Waals surface area (Å²) in [5.74, 6) is 0. The Morgan fingerprint density at radius 1 is 1.25 bits per heavy atom. The summed E-state index contributed by atoms with van der Waals surface area (Å²) in [5, 5.41) is 0. The van der Waals surface area contributed by atoms with Crippen LogP contribution in [0.2, 0.25) is 0 Å². The molecule has 4 nitrogen and oxygen atoms in total. The van der Waals surface area contributed by atoms with Gasteiger partial charge in [0.15, 0.2) is 0 Å². The Kier molecular flexibility index (Phi) is 5.35. The van der Waals surface area contributed by atoms with Gasteiger partial charge in [0, 0.05) is 15.4 Å². The highest BCUT2D eigenvalue weighted by Crippen LogP contribution is 2.18. The fourth-order valence-corrected chi connectivity index (χ4v) is 2.72. The van der Waals surface area contributed by atoms with E-state index in [1.165, 1.54) is 12.1 Å². The molecule has 0 radical (unpaired) electrons. The van der Waals surface area contributed by atoms with Crippen LogP contribution >= 0.6 is 8.81 Å². The van der Waals surface area contributed by atoms with Gasteiger partial charge in [0.05, 0.1) is 4.90 Å². The fraction of sp³-hybridized carbons (Fsp3) is 0.400. The highest BCUT2D eigenvalue weighted by molar-refractivity contribution is 7.86. The van der Waals surface area contributed by atoms with E-state index in [0.717, 1.165) is 5.56 Å². The number of aryl methyl sites for hydroxylation is 1. The molecule has 0 aliphatic rings. The lowest BCUT2D eigenvalue weighted by Gasteiger charge is -2.05. The van der Waals surface area contributed by atoms with Crippen molar-refractivity contribution in [3.63, 3.8) is 0 Å². The van der Waals surface area contributed by atoms with Gasteiger partial charge in [-0.25, -0.2) is 0 Å². The van der Waals surface area contributed by atoms with Crippen LogP contribution < -0.4 is 0 Å². The zero-order valence-corrected chi connectivity index (χ0v) is 11.1. The van der Waals surface area contributed by atoms with Gasteiger partial charge in [-0.05, 0) is 26.0 Å². The van der Waals surface area contributed by atoms with Crippen molar-refractivity contribution in [1.82, 2.24) is 0 Å². The molecule has 1 rings (SSSR count). The first-order valence-corrected chi connectivity index (χ1v) is 7.39. The van der Waals surface area contributed by atoms with Crippen LogP contribution in [0.1, 0.15) is 12.5 Å². The molecule has 0 aliphatic heterocycles. The van der Waals surface area contributed by atoms with E-state index in [9.17, 15) is 8.42 Å². The second-order valence-corrected chi connectivity index (χ2v) is 5.59. The third-order valence-electron chi connectivity index (χ3n) is 1.83. The molecule has 0 saturated heterocycles. The molecule has 90 valence electrons. The molecule has 0 bridgehead atoms. The average molecular weight is 262 g/mol. The lowest BCUT2D eigenvalue weighted by Crippen LogP contribution is -2.05. The van der Waals surface area contributed by atoms with Crippen molar-refractivity contribution >= 4 is 18.9 Å². The molecule has 0 aliphatic carbocycles. The third kappa shape index (κ3) is 4.18. The van der Waals surface area contributed by atoms with Crippen LogP contribution in [-0.4, -0.2) is 21.4 Å². The van der Waals surface area contributed by atoms with Crippen LogP contribution in [0.25, 0.3) is 0 Å². The van der Waals surface area contributed by atoms with E-state index >= 15 is 0 Å². The lowest BCUT2D eigenvalue weighted by atomic mass is 10.2. The molecule has 1 aromatic carbocycles. The Balaban J connectivity index is 2.60. The van der Waals surface area contributed by atoms with Crippen molar-refractivity contribution in [2.75, 3.05) is 13.0 Å². The number of hydrogen-bond donors (Lipinski definition) is 0. The summed E-state index contributed by atoms with van der Waals surface area (Å²) in [7, 11) is -3.58. The minimum absolute atomic E-state index is 0.0470. The molecule has 0 spiro atoms. The quantitative estimate of drug-likeness (QED) is 0.448. The Morgan fingerprint density at radius 3 is 2.44 bits per heavy atom. The van der Waals surface area contributed by atoms with E-state index in [-0.39, 0.29) is 20.1 Å². The van der Waals surface area contributed by atoms with Crippen molar-refractivity contribution in [1.29, 1.82) is 0 Å². The summed E-state index contributed by atoms with van der Waals surface area (Å²) in [4.78, 5) is 0.180. The Hall–Kier alpha value is -0.480. The maximum absolute atomic E-state index is 11.6. The highest BCUT2D eigenvalue weighted by Gasteiger charge is 2.14. The predicted octanol–water partition coefficient (Wildman–Crippen LogP) is 2.29. The molecule has 0 saturated carbocycles. The second-order valence-electron chi connectivity index (χ2n) is 3.11. The molecule has 0 amide bonds. The van der Waals surface area contributed by atoms with Crippen molar-refractivity contribution < 1.29 is 17.1 Å². The molecule has 0 heterocycles. The van der Waals surface area contributed by atoms with Gasteiger partial charge < -0.3 is 4.52 Å². The van der Waals surface area contributed by atoms with Gasteiger partial charge in [-0.2, -0.15) is 8.42 Å². The fourth-order valence-electron chi connectivity index (χ4n) is 1.02. The van der Waals surface area contributed by atoms with Crippen molar-refractivity contribution in [2.45, 2.75) is 18.7 Å². The van der Waals surface area contributed by atoms with Gasteiger partial charge in [0.25, 0.3) is 10.1 Å². The summed E-state index contributed by atoms with van der Waals surface area (Å²) in [6, 6.07) is 6.55. The van der Waals surface area contributed by atoms with Gasteiger partial charge >= 0.3 is 0 Å². The van der Waals surface area contributed by atoms with Crippen LogP contribution in [0.5, 0.6) is 0 Å². The lowest BCUT2D eigenvalue weighted by molar-refractivity contribution is 0.340. The topological polar surface area (TPSA) is 52.6 Å². The van der Waals surface area contributed by atoms with Crippen molar-refractivity contribution in [2.24, 2.45) is 0 Å². The second kappa shape index (κ2) is 6.30. The molecule has 1 aromatic rings. The Morgan fingerprint density at radius 2 is 1.88 bits per heavy atom. The maximum Gasteiger partial charge on any atom is 0.297 e. The summed E-state index contributed by atoms with van der Waals surface area (Å²) < 4.78 is 33.1. The van der Waals surface area contributed by atoms with E-state index in [2.05, 4.69) is 0 Å². The van der Waals surface area contributed by atoms with Crippen LogP contribution in [0.3, 0.4) is 0 Å². The molecule has 6 heteroatoms. The van der Waals surface area contributed by atoms with Gasteiger partial charge in [0.1, 0.15) is 6.35 Å². The van der Waals surface area contributed by atoms with Crippen LogP contribution in [0, 0.1) is 6.92 Å². The van der Waals surface area contributed by atoms with Crippen LogP contribution in [0.15, 0.2) is 29.2 Å². The molecule has 1 unspecified atom stereocenters. The summed E-state index contributed by atoms with van der Waals surface area (Å²) in [6.07, 6.45) is 0.0735. The normalized spacial score (nSPS) is 12.4. The van der Waals surface area contributed by atoms with Gasteiger partial charge in [-0.15, -0.1) is 0 Å². The minimum Gasteiger partial charge on any atom is -0.360 e. The van der Waals surface area contributed by atoms with Crippen LogP contribution in [-0.2, 0) is 18.8 Å². The average Bonchev–Trinajstić information content (AvgIpc) is 2.25. The van der Waals surface area contributed by atoms with E-state index in [4.69, 9.17) is 8.71 Å². The standard InChI is InChI=1S/C10H15O4PS/c1-3-13-15-8-14-16(11,12)10-6-4-9(2)5-7-10/h4-7,15H,3,8H2,1-2H3. The molecule has 16 heavy (non-hydrogen) atoms. The SMILES string of the molecule is CCOPCOS(=O)(=O)c1ccc(C)cc1. The monoisotopic (exact) mass is 262 g/mol. The van der Waals surface area contributed by atoms with E-state index in [0.29, 0.717) is 6.61 Å².